The fourth-order valence-corrected chi connectivity index (χ4v) is 2.63. The maximum absolute atomic E-state index is 12.4. The Balaban J connectivity index is 2.05. The lowest BCUT2D eigenvalue weighted by molar-refractivity contribution is 0.0928. The quantitative estimate of drug-likeness (QED) is 0.869. The van der Waals surface area contributed by atoms with Gasteiger partial charge in [0.2, 0.25) is 0 Å². The van der Waals surface area contributed by atoms with Gasteiger partial charge in [-0.05, 0) is 38.8 Å². The first-order valence-electron chi connectivity index (χ1n) is 7.33. The molecule has 0 aliphatic heterocycles. The summed E-state index contributed by atoms with van der Waals surface area (Å²) < 4.78 is 0. The van der Waals surface area contributed by atoms with Crippen molar-refractivity contribution in [3.05, 3.63) is 29.8 Å². The van der Waals surface area contributed by atoms with E-state index in [-0.39, 0.29) is 5.91 Å². The van der Waals surface area contributed by atoms with Crippen molar-refractivity contribution >= 4 is 11.6 Å². The first-order valence-corrected chi connectivity index (χ1v) is 7.33. The predicted molar refractivity (Wildman–Crippen MR) is 79.5 cm³/mol. The van der Waals surface area contributed by atoms with Gasteiger partial charge in [0.25, 0.3) is 5.91 Å². The monoisotopic (exact) mass is 260 g/mol. The normalized spacial score (nSPS) is 16.4. The van der Waals surface area contributed by atoms with Crippen molar-refractivity contribution in [3.8, 4) is 0 Å². The number of para-hydroxylation sites is 1. The molecule has 1 fully saturated rings. The van der Waals surface area contributed by atoms with Crippen LogP contribution >= 0.6 is 0 Å². The number of carbonyl (C=O) groups is 1. The second-order valence-corrected chi connectivity index (χ2v) is 5.65. The molecule has 1 aliphatic carbocycles. The number of rotatable bonds is 4. The Bertz CT molecular complexity index is 423. The van der Waals surface area contributed by atoms with Gasteiger partial charge < -0.3 is 10.6 Å². The Morgan fingerprint density at radius 1 is 1.16 bits per heavy atom. The van der Waals surface area contributed by atoms with E-state index in [4.69, 9.17) is 0 Å². The summed E-state index contributed by atoms with van der Waals surface area (Å²) in [6, 6.07) is 8.42. The molecular formula is C16H24N2O. The second kappa shape index (κ2) is 6.60. The summed E-state index contributed by atoms with van der Waals surface area (Å²) in [5.74, 6) is 0.0515. The van der Waals surface area contributed by atoms with Gasteiger partial charge in [-0.15, -0.1) is 0 Å². The standard InChI is InChI=1S/C16H24N2O/c1-12(2)17-15-11-7-6-10-14(15)16(19)18-13-8-4-3-5-9-13/h6-7,10-13,17H,3-5,8-9H2,1-2H3,(H,18,19). The maximum atomic E-state index is 12.4. The van der Waals surface area contributed by atoms with Crippen LogP contribution in [0, 0.1) is 0 Å². The second-order valence-electron chi connectivity index (χ2n) is 5.65. The average molecular weight is 260 g/mol. The molecule has 0 spiro atoms. The molecule has 0 bridgehead atoms. The molecule has 0 aromatic heterocycles. The van der Waals surface area contributed by atoms with Gasteiger partial charge in [-0.2, -0.15) is 0 Å². The van der Waals surface area contributed by atoms with Crippen molar-refractivity contribution < 1.29 is 4.79 Å². The third-order valence-corrected chi connectivity index (χ3v) is 3.56. The van der Waals surface area contributed by atoms with Gasteiger partial charge in [0, 0.05) is 17.8 Å². The molecule has 0 heterocycles. The molecule has 2 rings (SSSR count). The van der Waals surface area contributed by atoms with Crippen molar-refractivity contribution in [2.75, 3.05) is 5.32 Å². The van der Waals surface area contributed by atoms with E-state index in [1.807, 2.05) is 24.3 Å². The van der Waals surface area contributed by atoms with Crippen LogP contribution in [0.3, 0.4) is 0 Å². The molecule has 3 heteroatoms. The van der Waals surface area contributed by atoms with Gasteiger partial charge in [-0.3, -0.25) is 4.79 Å². The lowest BCUT2D eigenvalue weighted by Crippen LogP contribution is -2.36. The fraction of sp³-hybridized carbons (Fsp3) is 0.562. The molecule has 19 heavy (non-hydrogen) atoms. The molecule has 0 saturated heterocycles. The predicted octanol–water partition coefficient (Wildman–Crippen LogP) is 3.57. The Morgan fingerprint density at radius 2 is 1.84 bits per heavy atom. The summed E-state index contributed by atoms with van der Waals surface area (Å²) in [6.45, 7) is 4.16. The van der Waals surface area contributed by atoms with E-state index in [9.17, 15) is 4.79 Å². The topological polar surface area (TPSA) is 41.1 Å². The highest BCUT2D eigenvalue weighted by Gasteiger charge is 2.18. The molecule has 104 valence electrons. The molecule has 2 N–H and O–H groups in total. The molecule has 1 saturated carbocycles. The zero-order valence-electron chi connectivity index (χ0n) is 11.9. The van der Waals surface area contributed by atoms with Crippen LogP contribution < -0.4 is 10.6 Å². The van der Waals surface area contributed by atoms with Gasteiger partial charge in [0.15, 0.2) is 0 Å². The smallest absolute Gasteiger partial charge is 0.253 e. The van der Waals surface area contributed by atoms with Crippen LogP contribution in [0.5, 0.6) is 0 Å². The summed E-state index contributed by atoms with van der Waals surface area (Å²) in [5.41, 5.74) is 1.67. The Hall–Kier alpha value is -1.51. The molecule has 0 unspecified atom stereocenters. The molecule has 1 aromatic carbocycles. The molecule has 3 nitrogen and oxygen atoms in total. The van der Waals surface area contributed by atoms with Crippen molar-refractivity contribution in [2.24, 2.45) is 0 Å². The van der Waals surface area contributed by atoms with E-state index < -0.39 is 0 Å². The van der Waals surface area contributed by atoms with Crippen molar-refractivity contribution in [3.63, 3.8) is 0 Å². The molecule has 1 aliphatic rings. The largest absolute Gasteiger partial charge is 0.382 e. The average Bonchev–Trinajstić information content (AvgIpc) is 2.39. The van der Waals surface area contributed by atoms with Crippen LogP contribution in [-0.2, 0) is 0 Å². The van der Waals surface area contributed by atoms with Gasteiger partial charge in [0.1, 0.15) is 0 Å². The number of anilines is 1. The van der Waals surface area contributed by atoms with Crippen LogP contribution in [0.2, 0.25) is 0 Å². The first-order chi connectivity index (χ1) is 9.16. The first kappa shape index (κ1) is 13.9. The number of hydrogen-bond acceptors (Lipinski definition) is 2. The van der Waals surface area contributed by atoms with Crippen LogP contribution in [0.4, 0.5) is 5.69 Å². The van der Waals surface area contributed by atoms with E-state index in [1.165, 1.54) is 19.3 Å². The van der Waals surface area contributed by atoms with Crippen molar-refractivity contribution in [2.45, 2.75) is 58.0 Å². The summed E-state index contributed by atoms with van der Waals surface area (Å²) >= 11 is 0. The number of hydrogen-bond donors (Lipinski definition) is 2. The van der Waals surface area contributed by atoms with E-state index >= 15 is 0 Å². The molecule has 0 radical (unpaired) electrons. The lowest BCUT2D eigenvalue weighted by Gasteiger charge is -2.23. The van der Waals surface area contributed by atoms with Crippen LogP contribution in [0.15, 0.2) is 24.3 Å². The SMILES string of the molecule is CC(C)Nc1ccccc1C(=O)NC1CCCCC1. The fourth-order valence-electron chi connectivity index (χ4n) is 2.63. The van der Waals surface area contributed by atoms with Gasteiger partial charge >= 0.3 is 0 Å². The zero-order valence-corrected chi connectivity index (χ0v) is 11.9. The highest BCUT2D eigenvalue weighted by Crippen LogP contribution is 2.20. The zero-order chi connectivity index (χ0) is 13.7. The Kier molecular flexibility index (Phi) is 4.83. The maximum Gasteiger partial charge on any atom is 0.253 e. The third-order valence-electron chi connectivity index (χ3n) is 3.56. The minimum Gasteiger partial charge on any atom is -0.382 e. The number of amides is 1. The summed E-state index contributed by atoms with van der Waals surface area (Å²) in [5, 5.41) is 6.50. The van der Waals surface area contributed by atoms with Crippen LogP contribution in [0.25, 0.3) is 0 Å². The minimum absolute atomic E-state index is 0.0515. The summed E-state index contributed by atoms with van der Waals surface area (Å²) in [4.78, 5) is 12.4. The highest BCUT2D eigenvalue weighted by atomic mass is 16.1. The molecular weight excluding hydrogens is 236 g/mol. The van der Waals surface area contributed by atoms with Gasteiger partial charge in [-0.25, -0.2) is 0 Å². The van der Waals surface area contributed by atoms with Crippen molar-refractivity contribution in [1.29, 1.82) is 0 Å². The molecule has 0 atom stereocenters. The van der Waals surface area contributed by atoms with Gasteiger partial charge in [0.05, 0.1) is 5.56 Å². The van der Waals surface area contributed by atoms with E-state index in [1.54, 1.807) is 0 Å². The number of nitrogens with one attached hydrogen (secondary N) is 2. The van der Waals surface area contributed by atoms with Crippen molar-refractivity contribution in [1.82, 2.24) is 5.32 Å². The number of carbonyl (C=O) groups excluding carboxylic acids is 1. The van der Waals surface area contributed by atoms with E-state index in [0.29, 0.717) is 12.1 Å². The van der Waals surface area contributed by atoms with E-state index in [0.717, 1.165) is 24.1 Å². The van der Waals surface area contributed by atoms with Gasteiger partial charge in [-0.1, -0.05) is 31.4 Å². The summed E-state index contributed by atoms with van der Waals surface area (Å²) in [6.07, 6.45) is 6.00. The molecule has 1 amide bonds. The Labute approximate surface area is 115 Å². The third kappa shape index (κ3) is 3.98. The van der Waals surface area contributed by atoms with Crippen LogP contribution in [-0.4, -0.2) is 18.0 Å². The highest BCUT2D eigenvalue weighted by molar-refractivity contribution is 5.99. The summed E-state index contributed by atoms with van der Waals surface area (Å²) in [7, 11) is 0. The minimum atomic E-state index is 0.0515. The lowest BCUT2D eigenvalue weighted by atomic mass is 9.95. The van der Waals surface area contributed by atoms with E-state index in [2.05, 4.69) is 24.5 Å². The molecule has 1 aromatic rings. The van der Waals surface area contributed by atoms with Crippen LogP contribution in [0.1, 0.15) is 56.3 Å². The number of benzene rings is 1. The Morgan fingerprint density at radius 3 is 2.53 bits per heavy atom.